The molecular formula is C13H11Cl2N3O. The summed E-state index contributed by atoms with van der Waals surface area (Å²) in [6, 6.07) is 3.50. The van der Waals surface area contributed by atoms with Crippen molar-refractivity contribution in [3.63, 3.8) is 0 Å². The second kappa shape index (κ2) is 5.12. The van der Waals surface area contributed by atoms with E-state index < -0.39 is 18.1 Å². The van der Waals surface area contributed by atoms with Gasteiger partial charge in [-0.3, -0.25) is 4.90 Å². The van der Waals surface area contributed by atoms with Crippen LogP contribution in [-0.4, -0.2) is 22.8 Å². The molecule has 2 unspecified atom stereocenters. The van der Waals surface area contributed by atoms with Crippen molar-refractivity contribution in [2.75, 3.05) is 0 Å². The van der Waals surface area contributed by atoms with E-state index in [-0.39, 0.29) is 5.84 Å². The molecule has 0 fully saturated rings. The Balaban J connectivity index is 2.56. The summed E-state index contributed by atoms with van der Waals surface area (Å²) < 4.78 is 0. The van der Waals surface area contributed by atoms with Gasteiger partial charge in [-0.05, 0) is 19.1 Å². The third-order valence-electron chi connectivity index (χ3n) is 2.94. The van der Waals surface area contributed by atoms with Crippen LogP contribution in [0.2, 0.25) is 10.0 Å². The molecule has 2 N–H and O–H groups in total. The second-order valence-corrected chi connectivity index (χ2v) is 4.92. The van der Waals surface area contributed by atoms with E-state index in [1.165, 1.54) is 4.90 Å². The number of terminal acetylenes is 1. The molecule has 2 amide bonds. The Hall–Kier alpha value is -1.70. The van der Waals surface area contributed by atoms with Gasteiger partial charge in [0.25, 0.3) is 0 Å². The lowest BCUT2D eigenvalue weighted by Crippen LogP contribution is -2.39. The van der Waals surface area contributed by atoms with Crippen LogP contribution >= 0.6 is 23.2 Å². The van der Waals surface area contributed by atoms with E-state index in [9.17, 15) is 4.79 Å². The molecule has 2 atom stereocenters. The Morgan fingerprint density at radius 1 is 1.47 bits per heavy atom. The average Bonchev–Trinajstić information content (AvgIpc) is 2.64. The number of rotatable bonds is 2. The molecule has 1 heterocycles. The number of aliphatic imine (C=N–C) groups is 1. The second-order valence-electron chi connectivity index (χ2n) is 4.11. The monoisotopic (exact) mass is 295 g/mol. The lowest BCUT2D eigenvalue weighted by atomic mass is 10.0. The molecule has 19 heavy (non-hydrogen) atoms. The van der Waals surface area contributed by atoms with Gasteiger partial charge in [-0.15, -0.1) is 6.42 Å². The minimum absolute atomic E-state index is 0.141. The van der Waals surface area contributed by atoms with Crippen LogP contribution in [0, 0.1) is 12.3 Å². The summed E-state index contributed by atoms with van der Waals surface area (Å²) >= 11 is 12.3. The zero-order chi connectivity index (χ0) is 14.2. The molecule has 1 aromatic rings. The molecule has 6 heteroatoms. The first-order chi connectivity index (χ1) is 8.97. The molecule has 0 saturated carbocycles. The average molecular weight is 296 g/mol. The molecule has 98 valence electrons. The van der Waals surface area contributed by atoms with Gasteiger partial charge in [0.2, 0.25) is 0 Å². The fourth-order valence-corrected chi connectivity index (χ4v) is 2.61. The highest BCUT2D eigenvalue weighted by Crippen LogP contribution is 2.37. The van der Waals surface area contributed by atoms with Gasteiger partial charge in [0.15, 0.2) is 0 Å². The molecule has 0 radical (unpaired) electrons. The molecule has 0 bridgehead atoms. The minimum Gasteiger partial charge on any atom is -0.385 e. The summed E-state index contributed by atoms with van der Waals surface area (Å²) in [5.41, 5.74) is 6.37. The Bertz CT molecular complexity index is 586. The Labute approximate surface area is 121 Å². The summed E-state index contributed by atoms with van der Waals surface area (Å²) in [5.74, 6) is 2.63. The number of carbonyl (C=O) groups is 1. The summed E-state index contributed by atoms with van der Waals surface area (Å²) in [5, 5.41) is 0.833. The predicted molar refractivity (Wildman–Crippen MR) is 76.4 cm³/mol. The number of nitrogens with two attached hydrogens (primary N) is 1. The molecule has 1 aliphatic heterocycles. The highest BCUT2D eigenvalue weighted by molar-refractivity contribution is 6.36. The van der Waals surface area contributed by atoms with E-state index in [0.29, 0.717) is 15.6 Å². The topological polar surface area (TPSA) is 58.7 Å². The van der Waals surface area contributed by atoms with Crippen LogP contribution in [0.5, 0.6) is 0 Å². The number of benzene rings is 1. The number of urea groups is 1. The highest BCUT2D eigenvalue weighted by Gasteiger charge is 2.39. The normalized spacial score (nSPS) is 20.1. The van der Waals surface area contributed by atoms with E-state index in [4.69, 9.17) is 35.4 Å². The van der Waals surface area contributed by atoms with Gasteiger partial charge in [-0.2, -0.15) is 4.99 Å². The molecule has 0 aliphatic carbocycles. The zero-order valence-electron chi connectivity index (χ0n) is 10.1. The van der Waals surface area contributed by atoms with E-state index in [1.54, 1.807) is 25.1 Å². The highest BCUT2D eigenvalue weighted by atomic mass is 35.5. The van der Waals surface area contributed by atoms with E-state index in [0.717, 1.165) is 0 Å². The number of hydrogen-bond acceptors (Lipinski definition) is 2. The van der Waals surface area contributed by atoms with Crippen molar-refractivity contribution in [3.8, 4) is 12.3 Å². The van der Waals surface area contributed by atoms with Crippen LogP contribution in [0.4, 0.5) is 4.79 Å². The number of amides is 2. The molecule has 0 aromatic heterocycles. The van der Waals surface area contributed by atoms with Crippen molar-refractivity contribution in [2.45, 2.75) is 19.0 Å². The van der Waals surface area contributed by atoms with Gasteiger partial charge in [-0.1, -0.05) is 35.2 Å². The fourth-order valence-electron chi connectivity index (χ4n) is 2.01. The van der Waals surface area contributed by atoms with Crippen LogP contribution in [-0.2, 0) is 0 Å². The molecule has 0 spiro atoms. The maximum atomic E-state index is 11.9. The zero-order valence-corrected chi connectivity index (χ0v) is 11.6. The molecule has 1 aromatic carbocycles. The SMILES string of the molecule is C#CC(C)N1C(=O)N=C(N)C1c1c(Cl)cccc1Cl. The summed E-state index contributed by atoms with van der Waals surface area (Å²) in [4.78, 5) is 17.0. The first kappa shape index (κ1) is 13.7. The minimum atomic E-state index is -0.625. The quantitative estimate of drug-likeness (QED) is 0.853. The molecule has 0 saturated heterocycles. The maximum Gasteiger partial charge on any atom is 0.347 e. The van der Waals surface area contributed by atoms with Crippen LogP contribution in [0.15, 0.2) is 23.2 Å². The third-order valence-corrected chi connectivity index (χ3v) is 3.59. The standard InChI is InChI=1S/C13H11Cl2N3O/c1-3-7(2)18-11(12(16)17-13(18)19)10-8(14)5-4-6-9(10)15/h1,4-7,11H,2H3,(H2,16,17,19). The van der Waals surface area contributed by atoms with Gasteiger partial charge in [0.1, 0.15) is 11.9 Å². The van der Waals surface area contributed by atoms with Crippen LogP contribution in [0.3, 0.4) is 0 Å². The van der Waals surface area contributed by atoms with Gasteiger partial charge in [0.05, 0.1) is 6.04 Å². The van der Waals surface area contributed by atoms with E-state index >= 15 is 0 Å². The van der Waals surface area contributed by atoms with Crippen LogP contribution in [0.1, 0.15) is 18.5 Å². The van der Waals surface area contributed by atoms with Crippen molar-refractivity contribution in [2.24, 2.45) is 10.7 Å². The number of hydrogen-bond donors (Lipinski definition) is 1. The third kappa shape index (κ3) is 2.27. The van der Waals surface area contributed by atoms with E-state index in [2.05, 4.69) is 10.9 Å². The first-order valence-electron chi connectivity index (χ1n) is 5.53. The number of nitrogens with zero attached hydrogens (tertiary/aromatic N) is 2. The van der Waals surface area contributed by atoms with Gasteiger partial charge < -0.3 is 5.73 Å². The molecule has 1 aliphatic rings. The van der Waals surface area contributed by atoms with Crippen molar-refractivity contribution in [3.05, 3.63) is 33.8 Å². The maximum absolute atomic E-state index is 11.9. The van der Waals surface area contributed by atoms with Crippen molar-refractivity contribution in [1.82, 2.24) is 4.90 Å². The summed E-state index contributed by atoms with van der Waals surface area (Å²) in [6.07, 6.45) is 5.37. The van der Waals surface area contributed by atoms with Gasteiger partial charge >= 0.3 is 6.03 Å². The molecular weight excluding hydrogens is 285 g/mol. The number of halogens is 2. The fraction of sp³-hybridized carbons (Fsp3) is 0.231. The molecule has 2 rings (SSSR count). The van der Waals surface area contributed by atoms with Gasteiger partial charge in [-0.25, -0.2) is 4.79 Å². The number of amidine groups is 1. The molecule has 4 nitrogen and oxygen atoms in total. The lowest BCUT2D eigenvalue weighted by molar-refractivity contribution is 0.199. The van der Waals surface area contributed by atoms with Crippen molar-refractivity contribution < 1.29 is 4.79 Å². The number of carbonyl (C=O) groups excluding carboxylic acids is 1. The largest absolute Gasteiger partial charge is 0.385 e. The Kier molecular flexibility index (Phi) is 3.70. The predicted octanol–water partition coefficient (Wildman–Crippen LogP) is 2.85. The van der Waals surface area contributed by atoms with Crippen molar-refractivity contribution in [1.29, 1.82) is 0 Å². The lowest BCUT2D eigenvalue weighted by Gasteiger charge is -2.28. The first-order valence-corrected chi connectivity index (χ1v) is 6.29. The summed E-state index contributed by atoms with van der Waals surface area (Å²) in [6.45, 7) is 1.71. The van der Waals surface area contributed by atoms with E-state index in [1.807, 2.05) is 0 Å². The van der Waals surface area contributed by atoms with Crippen molar-refractivity contribution >= 4 is 35.1 Å². The smallest absolute Gasteiger partial charge is 0.347 e. The van der Waals surface area contributed by atoms with Crippen LogP contribution in [0.25, 0.3) is 0 Å². The Morgan fingerprint density at radius 3 is 2.58 bits per heavy atom. The van der Waals surface area contributed by atoms with Crippen LogP contribution < -0.4 is 5.73 Å². The Morgan fingerprint density at radius 2 is 2.05 bits per heavy atom. The summed E-state index contributed by atoms with van der Waals surface area (Å²) in [7, 11) is 0. The van der Waals surface area contributed by atoms with Gasteiger partial charge in [0, 0.05) is 15.6 Å².